The predicted molar refractivity (Wildman–Crippen MR) is 90.7 cm³/mol. The van der Waals surface area contributed by atoms with Crippen LogP contribution in [0.1, 0.15) is 23.2 Å². The lowest BCUT2D eigenvalue weighted by Crippen LogP contribution is -2.25. The highest BCUT2D eigenvalue weighted by Gasteiger charge is 2.09. The summed E-state index contributed by atoms with van der Waals surface area (Å²) >= 11 is 5.61. The normalized spacial score (nSPS) is 10.5. The average Bonchev–Trinajstić information content (AvgIpc) is 2.94. The number of halogens is 2. The van der Waals surface area contributed by atoms with Crippen molar-refractivity contribution in [3.63, 3.8) is 0 Å². The van der Waals surface area contributed by atoms with E-state index in [0.29, 0.717) is 12.1 Å². The minimum absolute atomic E-state index is 0.0296. The summed E-state index contributed by atoms with van der Waals surface area (Å²) in [5.41, 5.74) is 0.687. The molecule has 0 spiro atoms. The highest BCUT2D eigenvalue weighted by Crippen LogP contribution is 2.19. The van der Waals surface area contributed by atoms with Gasteiger partial charge in [0.25, 0.3) is 5.91 Å². The van der Waals surface area contributed by atoms with Crippen LogP contribution in [-0.2, 0) is 6.54 Å². The monoisotopic (exact) mass is 447 g/mol. The van der Waals surface area contributed by atoms with Crippen molar-refractivity contribution in [1.82, 2.24) is 14.9 Å². The van der Waals surface area contributed by atoms with Crippen molar-refractivity contribution in [3.8, 4) is 0 Å². The number of carbonyl (C=O) groups is 1. The average molecular weight is 448 g/mol. The molecular weight excluding hydrogens is 433 g/mol. The number of amides is 1. The van der Waals surface area contributed by atoms with Gasteiger partial charge in [0, 0.05) is 33.5 Å². The van der Waals surface area contributed by atoms with Gasteiger partial charge in [0.2, 0.25) is 0 Å². The maximum Gasteiger partial charge on any atom is 0.252 e. The van der Waals surface area contributed by atoms with Gasteiger partial charge in [-0.05, 0) is 69.6 Å². The molecule has 106 valence electrons. The van der Waals surface area contributed by atoms with E-state index >= 15 is 0 Å². The van der Waals surface area contributed by atoms with Crippen molar-refractivity contribution >= 4 is 44.4 Å². The van der Waals surface area contributed by atoms with E-state index < -0.39 is 0 Å². The van der Waals surface area contributed by atoms with Crippen LogP contribution in [0.2, 0.25) is 0 Å². The molecule has 0 atom stereocenters. The van der Waals surface area contributed by atoms with Gasteiger partial charge < -0.3 is 9.88 Å². The lowest BCUT2D eigenvalue weighted by molar-refractivity contribution is 0.0952. The van der Waals surface area contributed by atoms with E-state index in [0.717, 1.165) is 27.4 Å². The van der Waals surface area contributed by atoms with Crippen LogP contribution in [0.5, 0.6) is 0 Å². The van der Waals surface area contributed by atoms with Crippen molar-refractivity contribution in [3.05, 3.63) is 50.5 Å². The lowest BCUT2D eigenvalue weighted by Gasteiger charge is -2.07. The molecule has 1 N–H and O–H groups in total. The summed E-state index contributed by atoms with van der Waals surface area (Å²) in [5.74, 6) is -0.0296. The lowest BCUT2D eigenvalue weighted by atomic mass is 10.2. The summed E-state index contributed by atoms with van der Waals surface area (Å²) in [6, 6.07) is 5.74. The highest BCUT2D eigenvalue weighted by molar-refractivity contribution is 14.1. The van der Waals surface area contributed by atoms with Crippen LogP contribution >= 0.6 is 38.5 Å². The number of nitrogens with one attached hydrogen (secondary N) is 1. The van der Waals surface area contributed by atoms with E-state index in [1.165, 1.54) is 0 Å². The molecule has 0 bridgehead atoms. The van der Waals surface area contributed by atoms with Gasteiger partial charge in [-0.1, -0.05) is 0 Å². The fourth-order valence-corrected chi connectivity index (χ4v) is 2.72. The quantitative estimate of drug-likeness (QED) is 0.544. The number of benzene rings is 1. The summed E-state index contributed by atoms with van der Waals surface area (Å²) < 4.78 is 3.92. The van der Waals surface area contributed by atoms with E-state index in [1.54, 1.807) is 6.20 Å². The molecule has 0 fully saturated rings. The van der Waals surface area contributed by atoms with Gasteiger partial charge in [0.05, 0.1) is 11.9 Å². The summed E-state index contributed by atoms with van der Waals surface area (Å²) in [7, 11) is 0. The fourth-order valence-electron chi connectivity index (χ4n) is 1.81. The summed E-state index contributed by atoms with van der Waals surface area (Å²) in [4.78, 5) is 16.0. The zero-order valence-electron chi connectivity index (χ0n) is 10.9. The number of rotatable bonds is 6. The molecule has 2 rings (SSSR count). The second kappa shape index (κ2) is 7.78. The second-order valence-corrected chi connectivity index (χ2v) is 6.49. The second-order valence-electron chi connectivity index (χ2n) is 4.39. The van der Waals surface area contributed by atoms with Gasteiger partial charge in [0.1, 0.15) is 0 Å². The van der Waals surface area contributed by atoms with Crippen LogP contribution in [0, 0.1) is 3.57 Å². The molecule has 6 heteroatoms. The maximum atomic E-state index is 12.0. The predicted octanol–water partition coefficient (Wildman–Crippen LogP) is 3.46. The topological polar surface area (TPSA) is 46.9 Å². The van der Waals surface area contributed by atoms with E-state index in [4.69, 9.17) is 0 Å². The minimum atomic E-state index is -0.0296. The van der Waals surface area contributed by atoms with Crippen molar-refractivity contribution in [2.24, 2.45) is 0 Å². The van der Waals surface area contributed by atoms with Crippen molar-refractivity contribution in [2.75, 3.05) is 6.54 Å². The Morgan fingerprint density at radius 1 is 1.40 bits per heavy atom. The minimum Gasteiger partial charge on any atom is -0.352 e. The zero-order valence-corrected chi connectivity index (χ0v) is 14.6. The molecular formula is C14H15BrIN3O. The number of hydrogen-bond acceptors (Lipinski definition) is 2. The van der Waals surface area contributed by atoms with Crippen LogP contribution in [0.4, 0.5) is 0 Å². The van der Waals surface area contributed by atoms with Gasteiger partial charge in [-0.25, -0.2) is 4.98 Å². The standard InChI is InChI=1S/C14H15BrIN3O/c15-13-4-3-11(16)9-12(13)14(20)18-5-1-2-7-19-8-6-17-10-19/h3-4,6,8-10H,1-2,5,7H2,(H,18,20). The van der Waals surface area contributed by atoms with Crippen LogP contribution in [-0.4, -0.2) is 22.0 Å². The molecule has 20 heavy (non-hydrogen) atoms. The van der Waals surface area contributed by atoms with Crippen LogP contribution in [0.15, 0.2) is 41.4 Å². The first-order chi connectivity index (χ1) is 9.66. The van der Waals surface area contributed by atoms with Crippen molar-refractivity contribution in [2.45, 2.75) is 19.4 Å². The van der Waals surface area contributed by atoms with Crippen LogP contribution < -0.4 is 5.32 Å². The van der Waals surface area contributed by atoms with Crippen molar-refractivity contribution < 1.29 is 4.79 Å². The van der Waals surface area contributed by atoms with Gasteiger partial charge in [-0.2, -0.15) is 0 Å². The Hall–Kier alpha value is -0.890. The largest absolute Gasteiger partial charge is 0.352 e. The molecule has 2 aromatic rings. The number of carbonyl (C=O) groups excluding carboxylic acids is 1. The van der Waals surface area contributed by atoms with E-state index in [-0.39, 0.29) is 5.91 Å². The Morgan fingerprint density at radius 3 is 3.00 bits per heavy atom. The first-order valence-electron chi connectivity index (χ1n) is 6.36. The number of aryl methyl sites for hydroxylation is 1. The van der Waals surface area contributed by atoms with E-state index in [9.17, 15) is 4.79 Å². The molecule has 4 nitrogen and oxygen atoms in total. The van der Waals surface area contributed by atoms with Gasteiger partial charge in [-0.3, -0.25) is 4.79 Å². The number of aromatic nitrogens is 2. The highest BCUT2D eigenvalue weighted by atomic mass is 127. The number of nitrogens with zero attached hydrogens (tertiary/aromatic N) is 2. The zero-order chi connectivity index (χ0) is 14.4. The van der Waals surface area contributed by atoms with Gasteiger partial charge in [0.15, 0.2) is 0 Å². The summed E-state index contributed by atoms with van der Waals surface area (Å²) in [6.07, 6.45) is 7.50. The van der Waals surface area contributed by atoms with Crippen LogP contribution in [0.3, 0.4) is 0 Å². The van der Waals surface area contributed by atoms with E-state index in [1.807, 2.05) is 35.3 Å². The molecule has 0 aliphatic heterocycles. The SMILES string of the molecule is O=C(NCCCCn1ccnc1)c1cc(I)ccc1Br. The third-order valence-corrected chi connectivity index (χ3v) is 4.22. The number of unbranched alkanes of at least 4 members (excludes halogenated alkanes) is 1. The number of imidazole rings is 1. The smallest absolute Gasteiger partial charge is 0.252 e. The third kappa shape index (κ3) is 4.59. The Bertz CT molecular complexity index is 572. The molecule has 1 amide bonds. The van der Waals surface area contributed by atoms with Crippen molar-refractivity contribution in [1.29, 1.82) is 0 Å². The molecule has 0 unspecified atom stereocenters. The first kappa shape index (κ1) is 15.5. The van der Waals surface area contributed by atoms with Gasteiger partial charge >= 0.3 is 0 Å². The Kier molecular flexibility index (Phi) is 6.03. The molecule has 1 aromatic heterocycles. The Morgan fingerprint density at radius 2 is 2.25 bits per heavy atom. The van der Waals surface area contributed by atoms with E-state index in [2.05, 4.69) is 48.8 Å². The molecule has 1 aromatic carbocycles. The molecule has 0 aliphatic carbocycles. The summed E-state index contributed by atoms with van der Waals surface area (Å²) in [5, 5.41) is 2.95. The molecule has 0 radical (unpaired) electrons. The molecule has 0 aliphatic rings. The Balaban J connectivity index is 1.73. The first-order valence-corrected chi connectivity index (χ1v) is 8.23. The molecule has 1 heterocycles. The molecule has 0 saturated carbocycles. The number of hydrogen-bond donors (Lipinski definition) is 1. The van der Waals surface area contributed by atoms with Gasteiger partial charge in [-0.15, -0.1) is 0 Å². The maximum absolute atomic E-state index is 12.0. The summed E-state index contributed by atoms with van der Waals surface area (Å²) in [6.45, 7) is 1.62. The Labute approximate surface area is 140 Å². The third-order valence-electron chi connectivity index (χ3n) is 2.86. The fraction of sp³-hybridized carbons (Fsp3) is 0.286. The van der Waals surface area contributed by atoms with Crippen LogP contribution in [0.25, 0.3) is 0 Å². The molecule has 0 saturated heterocycles.